The van der Waals surface area contributed by atoms with Gasteiger partial charge in [0, 0.05) is 52.5 Å². The molecule has 4 heterocycles. The van der Waals surface area contributed by atoms with Crippen molar-refractivity contribution in [3.8, 4) is 11.4 Å². The van der Waals surface area contributed by atoms with Gasteiger partial charge in [-0.25, -0.2) is 0 Å². The second-order valence-corrected chi connectivity index (χ2v) is 24.5. The smallest absolute Gasteiger partial charge is 0.247 e. The Balaban J connectivity index is 1.07. The lowest BCUT2D eigenvalue weighted by atomic mass is 9.36. The largest absolute Gasteiger partial charge is 0.309 e. The number of rotatable bonds is 2. The Labute approximate surface area is 382 Å². The molecule has 314 valence electrons. The summed E-state index contributed by atoms with van der Waals surface area (Å²) in [6.07, 6.45) is 0. The van der Waals surface area contributed by atoms with Gasteiger partial charge in [-0.2, -0.15) is 0 Å². The first kappa shape index (κ1) is 40.7. The third-order valence-electron chi connectivity index (χ3n) is 13.9. The van der Waals surface area contributed by atoms with Gasteiger partial charge in [-0.3, -0.25) is 0 Å². The van der Waals surface area contributed by atoms with Crippen LogP contribution in [0.3, 0.4) is 0 Å². The van der Waals surface area contributed by atoms with Crippen molar-refractivity contribution in [2.24, 2.45) is 0 Å². The number of aromatic nitrogens is 2. The molecule has 0 atom stereocenters. The van der Waals surface area contributed by atoms with Gasteiger partial charge in [0.05, 0.1) is 22.1 Å². The fourth-order valence-electron chi connectivity index (χ4n) is 10.1. The van der Waals surface area contributed by atoms with Gasteiger partial charge in [0.25, 0.3) is 0 Å². The van der Waals surface area contributed by atoms with Crippen molar-refractivity contribution in [1.82, 2.24) is 9.13 Å². The summed E-state index contributed by atoms with van der Waals surface area (Å²) < 4.78 is 5.02. The van der Waals surface area contributed by atoms with E-state index in [1.165, 1.54) is 113 Å². The zero-order chi connectivity index (χ0) is 44.1. The van der Waals surface area contributed by atoms with Gasteiger partial charge in [0.15, 0.2) is 0 Å². The molecule has 0 amide bonds. The van der Waals surface area contributed by atoms with Crippen LogP contribution < -0.4 is 16.4 Å². The molecule has 0 N–H and O–H groups in total. The summed E-state index contributed by atoms with van der Waals surface area (Å²) in [7, 11) is 0. The number of benzene rings is 7. The van der Waals surface area contributed by atoms with E-state index >= 15 is 0 Å². The van der Waals surface area contributed by atoms with Crippen LogP contribution in [0, 0.1) is 0 Å². The highest BCUT2D eigenvalue weighted by Crippen LogP contribution is 2.43. The molecular formula is C58H57BN2S2. The Morgan fingerprint density at radius 2 is 0.667 bits per heavy atom. The molecule has 0 spiro atoms. The Kier molecular flexibility index (Phi) is 8.85. The summed E-state index contributed by atoms with van der Waals surface area (Å²) in [6.45, 7) is 27.9. The van der Waals surface area contributed by atoms with E-state index in [0.717, 1.165) is 0 Å². The minimum atomic E-state index is 0.0596. The van der Waals surface area contributed by atoms with Crippen molar-refractivity contribution in [1.29, 1.82) is 0 Å². The SMILES string of the molecule is CC(C)(C)c1ccc2c(c1)c1cc(C(C)(C)C)ccc1n2-c1ccc2c(c1)Sc1cccc3c1B2c1ccc(-n2c4ccc(C(C)(C)C)cc4c4cc(C(C)(C)C)ccc42)cc1S3. The molecule has 0 aliphatic carbocycles. The Hall–Kier alpha value is -5.10. The summed E-state index contributed by atoms with van der Waals surface area (Å²) in [5, 5.41) is 5.30. The summed E-state index contributed by atoms with van der Waals surface area (Å²) in [5.41, 5.74) is 17.4. The number of nitrogens with zero attached hydrogens (tertiary/aromatic N) is 2. The van der Waals surface area contributed by atoms with Crippen LogP contribution in [0.25, 0.3) is 55.0 Å². The molecule has 9 aromatic rings. The quantitative estimate of drug-likeness (QED) is 0.160. The molecule has 0 fully saturated rings. The summed E-state index contributed by atoms with van der Waals surface area (Å²) in [6, 6.07) is 50.1. The van der Waals surface area contributed by atoms with Gasteiger partial charge in [-0.15, -0.1) is 0 Å². The molecule has 0 radical (unpaired) electrons. The van der Waals surface area contributed by atoms with Crippen molar-refractivity contribution in [2.45, 2.75) is 124 Å². The normalized spacial score (nSPS) is 14.2. The zero-order valence-electron chi connectivity index (χ0n) is 38.9. The molecule has 11 rings (SSSR count). The first-order chi connectivity index (χ1) is 29.7. The third kappa shape index (κ3) is 6.46. The van der Waals surface area contributed by atoms with E-state index < -0.39 is 0 Å². The lowest BCUT2D eigenvalue weighted by Gasteiger charge is -2.33. The maximum Gasteiger partial charge on any atom is 0.247 e. The molecule has 2 aliphatic rings. The van der Waals surface area contributed by atoms with Gasteiger partial charge in [-0.05, 0) is 134 Å². The van der Waals surface area contributed by atoms with Crippen LogP contribution in [0.5, 0.6) is 0 Å². The lowest BCUT2D eigenvalue weighted by Crippen LogP contribution is -2.58. The number of hydrogen-bond acceptors (Lipinski definition) is 2. The van der Waals surface area contributed by atoms with E-state index in [1.54, 1.807) is 0 Å². The number of hydrogen-bond donors (Lipinski definition) is 0. The maximum atomic E-state index is 2.51. The average molecular weight is 857 g/mol. The molecule has 0 saturated heterocycles. The maximum absolute atomic E-state index is 2.51. The second-order valence-electron chi connectivity index (χ2n) is 22.3. The van der Waals surface area contributed by atoms with E-state index in [4.69, 9.17) is 0 Å². The lowest BCUT2D eigenvalue weighted by molar-refractivity contribution is 0.590. The van der Waals surface area contributed by atoms with Crippen LogP contribution in [-0.2, 0) is 21.7 Å². The molecule has 0 bridgehead atoms. The predicted molar refractivity (Wildman–Crippen MR) is 276 cm³/mol. The number of fused-ring (bicyclic) bond motifs is 10. The molecular weight excluding hydrogens is 800 g/mol. The van der Waals surface area contributed by atoms with E-state index in [9.17, 15) is 0 Å². The molecule has 0 saturated carbocycles. The highest BCUT2D eigenvalue weighted by molar-refractivity contribution is 8.01. The predicted octanol–water partition coefficient (Wildman–Crippen LogP) is 14.5. The minimum absolute atomic E-state index is 0.0596. The van der Waals surface area contributed by atoms with Crippen molar-refractivity contribution < 1.29 is 0 Å². The van der Waals surface area contributed by atoms with Crippen LogP contribution in [0.15, 0.2) is 147 Å². The Morgan fingerprint density at radius 1 is 0.349 bits per heavy atom. The first-order valence-corrected chi connectivity index (χ1v) is 24.3. The second kappa shape index (κ2) is 13.7. The van der Waals surface area contributed by atoms with E-state index in [1.807, 2.05) is 23.5 Å². The van der Waals surface area contributed by atoms with Crippen LogP contribution >= 0.6 is 23.5 Å². The fraction of sp³-hybridized carbons (Fsp3) is 0.276. The van der Waals surface area contributed by atoms with Gasteiger partial charge in [0.2, 0.25) is 6.71 Å². The monoisotopic (exact) mass is 856 g/mol. The highest BCUT2D eigenvalue weighted by Gasteiger charge is 2.38. The van der Waals surface area contributed by atoms with Gasteiger partial charge in [0.1, 0.15) is 0 Å². The van der Waals surface area contributed by atoms with Gasteiger partial charge < -0.3 is 9.13 Å². The molecule has 0 unspecified atom stereocenters. The summed E-state index contributed by atoms with van der Waals surface area (Å²) in [5.74, 6) is 0. The zero-order valence-corrected chi connectivity index (χ0v) is 40.5. The fourth-order valence-corrected chi connectivity index (χ4v) is 12.6. The Morgan fingerprint density at radius 3 is 0.968 bits per heavy atom. The van der Waals surface area contributed by atoms with Crippen molar-refractivity contribution in [3.05, 3.63) is 150 Å². The van der Waals surface area contributed by atoms with Crippen LogP contribution in [-0.4, -0.2) is 15.8 Å². The van der Waals surface area contributed by atoms with Gasteiger partial charge >= 0.3 is 0 Å². The van der Waals surface area contributed by atoms with Crippen LogP contribution in [0.4, 0.5) is 0 Å². The molecule has 2 aliphatic heterocycles. The van der Waals surface area contributed by atoms with Crippen molar-refractivity contribution in [3.63, 3.8) is 0 Å². The highest BCUT2D eigenvalue weighted by atomic mass is 32.2. The molecule has 63 heavy (non-hydrogen) atoms. The first-order valence-electron chi connectivity index (χ1n) is 22.7. The molecule has 2 nitrogen and oxygen atoms in total. The standard InChI is InChI=1S/C58H57BN2S2/c1-55(2,3)34-16-24-46-40(28-34)41-29-35(56(4,5)6)17-25-47(41)60(46)38-20-22-44-52(32-38)62-50-14-13-15-51-54(50)59(44)45-23-21-39(33-53(45)63-51)61-48-26-18-36(57(7,8)9)30-42(48)43-31-37(58(10,11)12)19-27-49(43)61/h13-33H,1-12H3. The summed E-state index contributed by atoms with van der Waals surface area (Å²) in [4.78, 5) is 5.40. The van der Waals surface area contributed by atoms with Crippen LogP contribution in [0.1, 0.15) is 105 Å². The van der Waals surface area contributed by atoms with E-state index in [0.29, 0.717) is 0 Å². The van der Waals surface area contributed by atoms with Crippen molar-refractivity contribution >= 4 is 90.2 Å². The van der Waals surface area contributed by atoms with Crippen LogP contribution in [0.2, 0.25) is 0 Å². The topological polar surface area (TPSA) is 9.86 Å². The molecule has 2 aromatic heterocycles. The van der Waals surface area contributed by atoms with Crippen molar-refractivity contribution in [2.75, 3.05) is 0 Å². The Bertz CT molecular complexity index is 3030. The van der Waals surface area contributed by atoms with Gasteiger partial charge in [-0.1, -0.05) is 160 Å². The third-order valence-corrected chi connectivity index (χ3v) is 16.2. The molecule has 5 heteroatoms. The summed E-state index contributed by atoms with van der Waals surface area (Å²) >= 11 is 3.87. The molecule has 7 aromatic carbocycles. The van der Waals surface area contributed by atoms with E-state index in [2.05, 4.69) is 220 Å². The van der Waals surface area contributed by atoms with E-state index in [-0.39, 0.29) is 28.4 Å². The average Bonchev–Trinajstić information content (AvgIpc) is 3.73. The minimum Gasteiger partial charge on any atom is -0.309 e.